The lowest BCUT2D eigenvalue weighted by molar-refractivity contribution is -0.142. The molecule has 1 fully saturated rings. The summed E-state index contributed by atoms with van der Waals surface area (Å²) < 4.78 is 6.10. The minimum Gasteiger partial charge on any atom is -0.481 e. The van der Waals surface area contributed by atoms with Crippen LogP contribution in [0.3, 0.4) is 0 Å². The number of carboxylic acid groups (broad SMARTS) is 1. The lowest BCUT2D eigenvalue weighted by atomic mass is 10.0. The highest BCUT2D eigenvalue weighted by molar-refractivity contribution is 9.10. The molecule has 1 heterocycles. The van der Waals surface area contributed by atoms with Crippen molar-refractivity contribution < 1.29 is 19.4 Å². The number of aliphatic carboxylic acids is 1. The van der Waals surface area contributed by atoms with Crippen LogP contribution >= 0.6 is 15.9 Å². The second-order valence-electron chi connectivity index (χ2n) is 5.16. The van der Waals surface area contributed by atoms with Crippen molar-refractivity contribution in [3.05, 3.63) is 33.8 Å². The van der Waals surface area contributed by atoms with Crippen LogP contribution in [0.5, 0.6) is 0 Å². The lowest BCUT2D eigenvalue weighted by Gasteiger charge is -2.29. The number of hydrogen-bond acceptors (Lipinski definition) is 3. The van der Waals surface area contributed by atoms with Gasteiger partial charge in [0.2, 0.25) is 0 Å². The van der Waals surface area contributed by atoms with Crippen LogP contribution < -0.4 is 0 Å². The molecule has 1 aliphatic rings. The maximum atomic E-state index is 12.7. The Hall–Kier alpha value is -1.40. The van der Waals surface area contributed by atoms with Crippen LogP contribution in [0.25, 0.3) is 0 Å². The molecule has 1 aromatic rings. The van der Waals surface area contributed by atoms with Crippen LogP contribution in [0.1, 0.15) is 22.8 Å². The largest absolute Gasteiger partial charge is 0.481 e. The highest BCUT2D eigenvalue weighted by atomic mass is 79.9. The van der Waals surface area contributed by atoms with Gasteiger partial charge in [-0.05, 0) is 37.6 Å². The molecule has 2 unspecified atom stereocenters. The second-order valence-corrected chi connectivity index (χ2v) is 6.07. The van der Waals surface area contributed by atoms with Gasteiger partial charge < -0.3 is 14.7 Å². The van der Waals surface area contributed by atoms with E-state index in [0.717, 1.165) is 10.0 Å². The number of carboxylic acids is 1. The molecule has 1 N–H and O–H groups in total. The van der Waals surface area contributed by atoms with Gasteiger partial charge in [0.05, 0.1) is 19.3 Å². The molecule has 0 saturated carbocycles. The summed E-state index contributed by atoms with van der Waals surface area (Å²) in [5.74, 6) is -1.75. The first-order valence-electron chi connectivity index (χ1n) is 6.82. The quantitative estimate of drug-likeness (QED) is 0.899. The van der Waals surface area contributed by atoms with Crippen molar-refractivity contribution in [3.8, 4) is 0 Å². The Labute approximate surface area is 132 Å². The topological polar surface area (TPSA) is 66.8 Å². The summed E-state index contributed by atoms with van der Waals surface area (Å²) in [6.07, 6.45) is 0. The number of rotatable bonds is 4. The van der Waals surface area contributed by atoms with E-state index in [1.807, 2.05) is 19.9 Å². The Balaban J connectivity index is 2.28. The van der Waals surface area contributed by atoms with Gasteiger partial charge in [-0.3, -0.25) is 9.59 Å². The summed E-state index contributed by atoms with van der Waals surface area (Å²) in [4.78, 5) is 25.6. The molecule has 21 heavy (non-hydrogen) atoms. The fourth-order valence-corrected chi connectivity index (χ4v) is 3.25. The van der Waals surface area contributed by atoms with Crippen molar-refractivity contribution in [1.29, 1.82) is 0 Å². The molecule has 1 amide bonds. The average Bonchev–Trinajstić information content (AvgIpc) is 2.87. The van der Waals surface area contributed by atoms with Gasteiger partial charge in [-0.1, -0.05) is 15.9 Å². The number of nitrogens with zero attached hydrogens (tertiary/aromatic N) is 1. The summed E-state index contributed by atoms with van der Waals surface area (Å²) in [6.45, 7) is 4.63. The Morgan fingerprint density at radius 1 is 1.38 bits per heavy atom. The Kier molecular flexibility index (Phi) is 5.00. The van der Waals surface area contributed by atoms with E-state index in [-0.39, 0.29) is 19.1 Å². The molecular formula is C15H18BrNO4. The third kappa shape index (κ3) is 3.44. The fourth-order valence-electron chi connectivity index (χ4n) is 2.64. The maximum absolute atomic E-state index is 12.7. The van der Waals surface area contributed by atoms with Gasteiger partial charge in [0.15, 0.2) is 0 Å². The third-order valence-electron chi connectivity index (χ3n) is 3.66. The Morgan fingerprint density at radius 2 is 2.10 bits per heavy atom. The minimum absolute atomic E-state index is 0.154. The maximum Gasteiger partial charge on any atom is 0.311 e. The van der Waals surface area contributed by atoms with E-state index in [0.29, 0.717) is 12.1 Å². The standard InChI is InChI=1S/C15H18BrNO4/c1-3-17(13-8-21-7-12(13)15(19)20)14(18)10-4-9(2)5-11(16)6-10/h4-6,12-13H,3,7-8H2,1-2H3,(H,19,20). The van der Waals surface area contributed by atoms with Gasteiger partial charge in [-0.15, -0.1) is 0 Å². The number of carbonyl (C=O) groups excluding carboxylic acids is 1. The van der Waals surface area contributed by atoms with Crippen molar-refractivity contribution in [2.24, 2.45) is 5.92 Å². The van der Waals surface area contributed by atoms with E-state index < -0.39 is 17.9 Å². The molecular weight excluding hydrogens is 338 g/mol. The first kappa shape index (κ1) is 16.0. The van der Waals surface area contributed by atoms with Crippen LogP contribution in [0.2, 0.25) is 0 Å². The van der Waals surface area contributed by atoms with Gasteiger partial charge in [-0.2, -0.15) is 0 Å². The molecule has 0 aromatic heterocycles. The number of aryl methyl sites for hydroxylation is 1. The van der Waals surface area contributed by atoms with Gasteiger partial charge in [0.25, 0.3) is 5.91 Å². The van der Waals surface area contributed by atoms with Crippen LogP contribution in [-0.4, -0.2) is 47.7 Å². The van der Waals surface area contributed by atoms with Gasteiger partial charge in [0.1, 0.15) is 5.92 Å². The van der Waals surface area contributed by atoms with Crippen LogP contribution in [0.4, 0.5) is 0 Å². The van der Waals surface area contributed by atoms with E-state index in [1.165, 1.54) is 0 Å². The molecule has 1 saturated heterocycles. The third-order valence-corrected chi connectivity index (χ3v) is 4.12. The van der Waals surface area contributed by atoms with Crippen molar-refractivity contribution >= 4 is 27.8 Å². The Morgan fingerprint density at radius 3 is 2.67 bits per heavy atom. The van der Waals surface area contributed by atoms with E-state index in [9.17, 15) is 14.7 Å². The zero-order chi connectivity index (χ0) is 15.6. The summed E-state index contributed by atoms with van der Waals surface area (Å²) in [5, 5.41) is 9.24. The van der Waals surface area contributed by atoms with Gasteiger partial charge in [0, 0.05) is 16.6 Å². The summed E-state index contributed by atoms with van der Waals surface area (Å²) in [5.41, 5.74) is 1.53. The summed E-state index contributed by atoms with van der Waals surface area (Å²) in [7, 11) is 0. The number of hydrogen-bond donors (Lipinski definition) is 1. The average molecular weight is 356 g/mol. The Bertz CT molecular complexity index is 540. The molecule has 2 rings (SSSR count). The smallest absolute Gasteiger partial charge is 0.311 e. The van der Waals surface area contributed by atoms with Crippen molar-refractivity contribution in [2.75, 3.05) is 19.8 Å². The molecule has 2 atom stereocenters. The normalized spacial score (nSPS) is 21.3. The highest BCUT2D eigenvalue weighted by Gasteiger charge is 2.39. The van der Waals surface area contributed by atoms with Crippen molar-refractivity contribution in [3.63, 3.8) is 0 Å². The molecule has 0 aliphatic carbocycles. The van der Waals surface area contributed by atoms with Gasteiger partial charge in [-0.25, -0.2) is 0 Å². The summed E-state index contributed by atoms with van der Waals surface area (Å²) in [6, 6.07) is 5.07. The van der Waals surface area contributed by atoms with E-state index in [2.05, 4.69) is 15.9 Å². The predicted octanol–water partition coefficient (Wildman–Crippen LogP) is 2.32. The minimum atomic E-state index is -0.922. The zero-order valence-corrected chi connectivity index (χ0v) is 13.6. The number of amides is 1. The molecule has 114 valence electrons. The van der Waals surface area contributed by atoms with Crippen LogP contribution in [0, 0.1) is 12.8 Å². The number of benzene rings is 1. The number of ether oxygens (including phenoxy) is 1. The number of carbonyl (C=O) groups is 2. The van der Waals surface area contributed by atoms with Crippen LogP contribution in [-0.2, 0) is 9.53 Å². The van der Waals surface area contributed by atoms with Crippen molar-refractivity contribution in [1.82, 2.24) is 4.90 Å². The fraction of sp³-hybridized carbons (Fsp3) is 0.467. The van der Waals surface area contributed by atoms with E-state index >= 15 is 0 Å². The first-order valence-corrected chi connectivity index (χ1v) is 7.62. The van der Waals surface area contributed by atoms with Crippen molar-refractivity contribution in [2.45, 2.75) is 19.9 Å². The molecule has 0 spiro atoms. The molecule has 1 aliphatic heterocycles. The first-order chi connectivity index (χ1) is 9.93. The molecule has 6 heteroatoms. The monoisotopic (exact) mass is 355 g/mol. The van der Waals surface area contributed by atoms with E-state index in [1.54, 1.807) is 17.0 Å². The highest BCUT2D eigenvalue weighted by Crippen LogP contribution is 2.23. The molecule has 0 bridgehead atoms. The van der Waals surface area contributed by atoms with Crippen LogP contribution in [0.15, 0.2) is 22.7 Å². The molecule has 1 aromatic carbocycles. The molecule has 0 radical (unpaired) electrons. The summed E-state index contributed by atoms with van der Waals surface area (Å²) >= 11 is 3.38. The number of halogens is 1. The predicted molar refractivity (Wildman–Crippen MR) is 81.3 cm³/mol. The molecule has 5 nitrogen and oxygen atoms in total. The SMILES string of the molecule is CCN(C(=O)c1cc(C)cc(Br)c1)C1COCC1C(=O)O. The van der Waals surface area contributed by atoms with E-state index in [4.69, 9.17) is 4.74 Å². The lowest BCUT2D eigenvalue weighted by Crippen LogP contribution is -2.46. The zero-order valence-electron chi connectivity index (χ0n) is 12.0. The second kappa shape index (κ2) is 6.58. The number of likely N-dealkylation sites (N-methyl/N-ethyl adjacent to an activating group) is 1. The van der Waals surface area contributed by atoms with Gasteiger partial charge >= 0.3 is 5.97 Å².